The maximum Gasteiger partial charge on any atom is 0.149 e. The van der Waals surface area contributed by atoms with Crippen molar-refractivity contribution in [2.24, 2.45) is 5.73 Å². The quantitative estimate of drug-likeness (QED) is 0.321. The number of carbonyl (C=O) groups is 1. The van der Waals surface area contributed by atoms with E-state index < -0.39 is 0 Å². The van der Waals surface area contributed by atoms with Crippen LogP contribution < -0.4 is 9.26 Å². The van der Waals surface area contributed by atoms with Gasteiger partial charge in [-0.1, -0.05) is 39.0 Å². The Morgan fingerprint density at radius 3 is 2.53 bits per heavy atom. The van der Waals surface area contributed by atoms with Gasteiger partial charge in [-0.15, -0.1) is 0 Å². The fourth-order valence-electron chi connectivity index (χ4n) is 1.81. The van der Waals surface area contributed by atoms with E-state index in [9.17, 15) is 4.79 Å². The van der Waals surface area contributed by atoms with Crippen LogP contribution in [0.4, 0.5) is 0 Å². The average Bonchev–Trinajstić information content (AvgIpc) is 2.34. The normalized spacial score (nSPS) is 12.6. The summed E-state index contributed by atoms with van der Waals surface area (Å²) in [6.45, 7) is 3.20. The molecule has 102 valence electrons. The van der Waals surface area contributed by atoms with Crippen LogP contribution in [0.5, 0.6) is 0 Å². The lowest BCUT2D eigenvalue weighted by molar-refractivity contribution is -0.120. The van der Waals surface area contributed by atoms with Gasteiger partial charge in [0.1, 0.15) is 5.78 Å². The molecule has 0 heterocycles. The summed E-state index contributed by atoms with van der Waals surface area (Å²) in [4.78, 5) is 11.7. The van der Waals surface area contributed by atoms with Crippen LogP contribution in [0.1, 0.15) is 64.7 Å². The van der Waals surface area contributed by atoms with E-state index in [1.807, 2.05) is 0 Å². The van der Waals surface area contributed by atoms with Gasteiger partial charge in [-0.25, -0.2) is 0 Å². The number of rotatable bonds is 12. The smallest absolute Gasteiger partial charge is 0.149 e. The summed E-state index contributed by atoms with van der Waals surface area (Å²) in [5, 5.41) is 0. The van der Waals surface area contributed by atoms with E-state index in [0.29, 0.717) is 6.42 Å². The maximum absolute atomic E-state index is 11.7. The highest BCUT2D eigenvalue weighted by atomic mass is 127. The van der Waals surface area contributed by atoms with E-state index >= 15 is 0 Å². The molecule has 0 aromatic rings. The molecule has 0 aliphatic carbocycles. The summed E-state index contributed by atoms with van der Waals surface area (Å²) < 4.78 is 3.07. The Labute approximate surface area is 120 Å². The summed E-state index contributed by atoms with van der Waals surface area (Å²) in [5.41, 5.74) is 5.87. The fourth-order valence-corrected chi connectivity index (χ4v) is 2.19. The highest BCUT2D eigenvalue weighted by molar-refractivity contribution is 14.1. The van der Waals surface area contributed by atoms with Crippen LogP contribution in [0, 0.1) is 0 Å². The van der Waals surface area contributed by atoms with Gasteiger partial charge >= 0.3 is 0 Å². The molecule has 3 nitrogen and oxygen atoms in total. The van der Waals surface area contributed by atoms with Crippen molar-refractivity contribution in [1.29, 1.82) is 0 Å². The zero-order valence-electron chi connectivity index (χ0n) is 11.0. The third-order valence-electron chi connectivity index (χ3n) is 2.98. The van der Waals surface area contributed by atoms with Gasteiger partial charge in [0, 0.05) is 35.8 Å². The summed E-state index contributed by atoms with van der Waals surface area (Å²) in [7, 11) is 0. The maximum atomic E-state index is 11.7. The highest BCUT2D eigenvalue weighted by Crippen LogP contribution is 2.08. The summed E-state index contributed by atoms with van der Waals surface area (Å²) in [6.07, 6.45) is 9.62. The van der Waals surface area contributed by atoms with Gasteiger partial charge in [-0.3, -0.25) is 8.32 Å². The van der Waals surface area contributed by atoms with Crippen LogP contribution in [0.3, 0.4) is 0 Å². The Kier molecular flexibility index (Phi) is 13.0. The Morgan fingerprint density at radius 2 is 1.88 bits per heavy atom. The lowest BCUT2D eigenvalue weighted by atomic mass is 10.0. The van der Waals surface area contributed by atoms with E-state index in [1.54, 1.807) is 0 Å². The number of Topliss-reactive ketones (excluding diaryl/α,β-unsaturated/α-hetero) is 1. The minimum Gasteiger partial charge on any atom is -0.322 e. The average molecular weight is 354 g/mol. The van der Waals surface area contributed by atoms with Crippen LogP contribution >= 0.6 is 22.9 Å². The molecule has 0 amide bonds. The van der Waals surface area contributed by atoms with Gasteiger partial charge < -0.3 is 5.73 Å². The lowest BCUT2D eigenvalue weighted by Crippen LogP contribution is -2.30. The van der Waals surface area contributed by atoms with Crippen LogP contribution in [-0.2, 0) is 4.79 Å². The van der Waals surface area contributed by atoms with Gasteiger partial charge in [0.05, 0.1) is 6.04 Å². The second-order valence-corrected chi connectivity index (χ2v) is 5.38. The number of ketones is 1. The van der Waals surface area contributed by atoms with Crippen molar-refractivity contribution in [2.45, 2.75) is 70.8 Å². The van der Waals surface area contributed by atoms with Crippen LogP contribution in [0.25, 0.3) is 0 Å². The predicted octanol–water partition coefficient (Wildman–Crippen LogP) is 3.35. The molecule has 4 heteroatoms. The summed E-state index contributed by atoms with van der Waals surface area (Å²) in [6, 6.07) is -0.226. The minimum absolute atomic E-state index is 0.226. The van der Waals surface area contributed by atoms with Crippen molar-refractivity contribution in [3.05, 3.63) is 0 Å². The first-order valence-corrected chi connectivity index (χ1v) is 7.92. The molecule has 0 fully saturated rings. The monoisotopic (exact) mass is 354 g/mol. The Bertz CT molecular complexity index is 188. The van der Waals surface area contributed by atoms with Crippen molar-refractivity contribution in [3.8, 4) is 0 Å². The molecule has 3 N–H and O–H groups in total. The summed E-state index contributed by atoms with van der Waals surface area (Å²) >= 11 is 2.14. The number of unbranched alkanes of at least 4 members (excludes halogenated alkanes) is 5. The number of hydrogen-bond donors (Lipinski definition) is 2. The van der Waals surface area contributed by atoms with Gasteiger partial charge in [0.2, 0.25) is 0 Å². The van der Waals surface area contributed by atoms with E-state index in [0.717, 1.165) is 32.2 Å². The first kappa shape index (κ1) is 17.3. The molecule has 0 aromatic heterocycles. The molecule has 0 aliphatic heterocycles. The van der Waals surface area contributed by atoms with Crippen LogP contribution in [0.2, 0.25) is 0 Å². The van der Waals surface area contributed by atoms with Crippen molar-refractivity contribution in [3.63, 3.8) is 0 Å². The third-order valence-corrected chi connectivity index (χ3v) is 3.52. The molecule has 17 heavy (non-hydrogen) atoms. The molecule has 0 spiro atoms. The van der Waals surface area contributed by atoms with Gasteiger partial charge in [-0.05, 0) is 19.3 Å². The first-order valence-electron chi connectivity index (χ1n) is 6.84. The van der Waals surface area contributed by atoms with Gasteiger partial charge in [-0.2, -0.15) is 0 Å². The first-order chi connectivity index (χ1) is 8.22. The fraction of sp³-hybridized carbons (Fsp3) is 0.923. The second-order valence-electron chi connectivity index (χ2n) is 4.62. The van der Waals surface area contributed by atoms with Gasteiger partial charge in [0.25, 0.3) is 0 Å². The molecule has 0 aromatic carbocycles. The van der Waals surface area contributed by atoms with Crippen LogP contribution in [0.15, 0.2) is 0 Å². The van der Waals surface area contributed by atoms with Gasteiger partial charge in [0.15, 0.2) is 0 Å². The summed E-state index contributed by atoms with van der Waals surface area (Å²) in [5.74, 6) is 0.254. The molecule has 0 aliphatic rings. The van der Waals surface area contributed by atoms with Crippen molar-refractivity contribution in [1.82, 2.24) is 3.53 Å². The highest BCUT2D eigenvalue weighted by Gasteiger charge is 2.11. The van der Waals surface area contributed by atoms with E-state index in [4.69, 9.17) is 5.73 Å². The van der Waals surface area contributed by atoms with E-state index in [-0.39, 0.29) is 11.8 Å². The molecule has 0 saturated heterocycles. The zero-order chi connectivity index (χ0) is 12.9. The molecule has 0 bridgehead atoms. The van der Waals surface area contributed by atoms with E-state index in [1.165, 1.54) is 25.7 Å². The Morgan fingerprint density at radius 1 is 1.18 bits per heavy atom. The number of nitrogens with one attached hydrogen (secondary N) is 1. The molecular weight excluding hydrogens is 327 g/mol. The third kappa shape index (κ3) is 11.2. The second kappa shape index (κ2) is 12.8. The lowest BCUT2D eigenvalue weighted by Gasteiger charge is -2.10. The SMILES string of the molecule is CCCCCCCC(=O)C(N)CCCCNI. The van der Waals surface area contributed by atoms with Crippen LogP contribution in [-0.4, -0.2) is 18.4 Å². The molecular formula is C13H27IN2O. The topological polar surface area (TPSA) is 55.1 Å². The Balaban J connectivity index is 3.40. The van der Waals surface area contributed by atoms with E-state index in [2.05, 4.69) is 33.3 Å². The molecule has 0 saturated carbocycles. The molecule has 1 unspecified atom stereocenters. The zero-order valence-corrected chi connectivity index (χ0v) is 13.2. The minimum atomic E-state index is -0.226. The number of halogens is 1. The van der Waals surface area contributed by atoms with Crippen molar-refractivity contribution in [2.75, 3.05) is 6.54 Å². The largest absolute Gasteiger partial charge is 0.322 e. The van der Waals surface area contributed by atoms with Crippen molar-refractivity contribution >= 4 is 28.6 Å². The number of hydrogen-bond acceptors (Lipinski definition) is 3. The predicted molar refractivity (Wildman–Crippen MR) is 82.2 cm³/mol. The Hall–Kier alpha value is 0.320. The molecule has 1 atom stereocenters. The van der Waals surface area contributed by atoms with Crippen molar-refractivity contribution < 1.29 is 4.79 Å². The molecule has 0 rings (SSSR count). The molecule has 0 radical (unpaired) electrons. The standard InChI is InChI=1S/C13H27IN2O/c1-2-3-4-5-6-10-13(17)12(15)9-7-8-11-16-14/h12,16H,2-11,15H2,1H3. The number of nitrogens with two attached hydrogens (primary N) is 1. The number of carbonyl (C=O) groups excluding carboxylic acids is 1.